The molecule has 360 valence electrons. The average molecular weight is 1020 g/mol. The molecule has 0 bridgehead atoms. The molecular weight excluding hydrogens is 960 g/mol. The minimum Gasteiger partial charge on any atom is -0.366 e. The predicted molar refractivity (Wildman–Crippen MR) is 292 cm³/mol. The fourth-order valence-corrected chi connectivity index (χ4v) is 11.7. The third-order valence-corrected chi connectivity index (χ3v) is 15.0. The third-order valence-electron chi connectivity index (χ3n) is 14.5. The van der Waals surface area contributed by atoms with Gasteiger partial charge in [-0.3, -0.25) is 22.8 Å². The van der Waals surface area contributed by atoms with Gasteiger partial charge in [-0.2, -0.15) is 0 Å². The Labute approximate surface area is 418 Å². The van der Waals surface area contributed by atoms with Gasteiger partial charge < -0.3 is 24.8 Å². The molecule has 9 aromatic rings. The first-order valence-electron chi connectivity index (χ1n) is 24.3. The van der Waals surface area contributed by atoms with Crippen LogP contribution in [0.1, 0.15) is 93.1 Å². The molecule has 3 aromatic heterocycles. The number of allylic oxidation sites excluding steroid dienone is 2. The SMILES string of the molecule is C=C1CCc2c1ccc1c2c2cc(Br)ccc2n1CCCF.C=C1CCc2c1ccc1c2c2cc(C(C)=O)ccc2n1CCCF.C=C1NC=Cc2c1ccc1c2c2c(C(N)=O)cccc2n1CCCF. The van der Waals surface area contributed by atoms with Gasteiger partial charge in [0.25, 0.3) is 0 Å². The van der Waals surface area contributed by atoms with Gasteiger partial charge in [0.2, 0.25) is 5.91 Å². The van der Waals surface area contributed by atoms with Crippen LogP contribution in [0.15, 0.2) is 121 Å². The highest BCUT2D eigenvalue weighted by Gasteiger charge is 2.25. The smallest absolute Gasteiger partial charge is 0.249 e. The second-order valence-electron chi connectivity index (χ2n) is 18.7. The number of benzene rings is 6. The van der Waals surface area contributed by atoms with Crippen molar-refractivity contribution in [3.05, 3.63) is 166 Å². The Hall–Kier alpha value is -7.11. The molecule has 2 aliphatic carbocycles. The van der Waals surface area contributed by atoms with Crippen LogP contribution in [0.3, 0.4) is 0 Å². The highest BCUT2D eigenvalue weighted by atomic mass is 79.9. The summed E-state index contributed by atoms with van der Waals surface area (Å²) in [5.74, 6) is -0.400. The first kappa shape index (κ1) is 47.6. The van der Waals surface area contributed by atoms with Crippen LogP contribution in [-0.2, 0) is 32.5 Å². The highest BCUT2D eigenvalue weighted by molar-refractivity contribution is 9.10. The number of halogens is 4. The van der Waals surface area contributed by atoms with Gasteiger partial charge in [0.05, 0.1) is 20.0 Å². The first-order chi connectivity index (χ1) is 34.4. The Morgan fingerprint density at radius 3 is 1.65 bits per heavy atom. The Morgan fingerprint density at radius 1 is 0.606 bits per heavy atom. The summed E-state index contributed by atoms with van der Waals surface area (Å²) in [5.41, 5.74) is 23.8. The molecule has 0 saturated carbocycles. The molecule has 0 atom stereocenters. The summed E-state index contributed by atoms with van der Waals surface area (Å²) in [5, 5.41) is 9.78. The largest absolute Gasteiger partial charge is 0.366 e. The molecular formula is C60H55BrF3N5O2. The molecule has 12 rings (SSSR count). The molecule has 3 N–H and O–H groups in total. The summed E-state index contributed by atoms with van der Waals surface area (Å²) in [4.78, 5) is 23.8. The van der Waals surface area contributed by atoms with Gasteiger partial charge in [-0.1, -0.05) is 59.9 Å². The van der Waals surface area contributed by atoms with Crippen molar-refractivity contribution in [2.75, 3.05) is 20.0 Å². The molecule has 11 heteroatoms. The average Bonchev–Trinajstić information content (AvgIpc) is 4.18. The number of rotatable bonds is 11. The van der Waals surface area contributed by atoms with Crippen molar-refractivity contribution in [2.24, 2.45) is 5.73 Å². The van der Waals surface area contributed by atoms with Crippen LogP contribution in [0.2, 0.25) is 0 Å². The monoisotopic (exact) mass is 1010 g/mol. The maximum atomic E-state index is 12.8. The molecule has 6 aromatic carbocycles. The lowest BCUT2D eigenvalue weighted by Crippen LogP contribution is -2.11. The number of Topliss-reactive ketones (excluding diaryl/α,β-unsaturated/α-hetero) is 1. The van der Waals surface area contributed by atoms with Crippen molar-refractivity contribution in [3.8, 4) is 0 Å². The summed E-state index contributed by atoms with van der Waals surface area (Å²) in [6.07, 6.45) is 9.34. The first-order valence-corrected chi connectivity index (χ1v) is 25.1. The van der Waals surface area contributed by atoms with Crippen LogP contribution in [-0.4, -0.2) is 45.4 Å². The normalized spacial score (nSPS) is 13.7. The van der Waals surface area contributed by atoms with E-state index < -0.39 is 5.91 Å². The van der Waals surface area contributed by atoms with Gasteiger partial charge in [0.1, 0.15) is 0 Å². The zero-order valence-corrected chi connectivity index (χ0v) is 41.5. The Balaban J connectivity index is 0.000000123. The molecule has 4 heterocycles. The molecule has 0 saturated heterocycles. The van der Waals surface area contributed by atoms with Crippen molar-refractivity contribution >= 4 is 116 Å². The lowest BCUT2D eigenvalue weighted by Gasteiger charge is -2.16. The van der Waals surface area contributed by atoms with E-state index in [0.717, 1.165) is 97.3 Å². The number of hydrogen-bond acceptors (Lipinski definition) is 3. The maximum Gasteiger partial charge on any atom is 0.249 e. The summed E-state index contributed by atoms with van der Waals surface area (Å²) >= 11 is 3.59. The van der Waals surface area contributed by atoms with E-state index in [1.807, 2.05) is 54.7 Å². The minimum absolute atomic E-state index is 0.0681. The number of nitrogens with two attached hydrogens (primary N) is 1. The van der Waals surface area contributed by atoms with E-state index in [0.29, 0.717) is 37.9 Å². The van der Waals surface area contributed by atoms with Gasteiger partial charge in [0.15, 0.2) is 5.78 Å². The standard InChI is InChI=1S/C21H20FNO.C20H18FN3O.C19H17BrFN/c1-13-4-6-17-16(13)7-9-20-21(17)18-12-15(14(2)24)5-8-19(18)23(20)11-3-10-22;1-12-13-6-7-17-18(14(13)8-10-23-12)19-15(20(22)25)4-2-5-16(19)24(17)11-3-9-21;1-12-3-5-15-14(12)6-8-18-19(15)16-11-13(20)4-7-17(16)22(18)10-2-9-21/h5,7-9,12H,1,3-4,6,10-11H2,2H3;2,4-8,10,23H,1,3,9,11H2,(H2,22,25);4,6-8,11H,1-3,5,9-10H2. The lowest BCUT2D eigenvalue weighted by atomic mass is 9.95. The number of nitrogens with zero attached hydrogens (tertiary/aromatic N) is 3. The van der Waals surface area contributed by atoms with E-state index in [1.54, 1.807) is 13.0 Å². The van der Waals surface area contributed by atoms with E-state index in [4.69, 9.17) is 5.73 Å². The number of carbonyl (C=O) groups excluding carboxylic acids is 2. The van der Waals surface area contributed by atoms with Crippen molar-refractivity contribution in [2.45, 2.75) is 71.5 Å². The number of ketones is 1. The molecule has 71 heavy (non-hydrogen) atoms. The van der Waals surface area contributed by atoms with Crippen LogP contribution in [0.4, 0.5) is 13.2 Å². The van der Waals surface area contributed by atoms with Crippen molar-refractivity contribution < 1.29 is 22.8 Å². The number of carbonyl (C=O) groups is 2. The molecule has 0 spiro atoms. The van der Waals surface area contributed by atoms with Gasteiger partial charge in [-0.05, 0) is 164 Å². The molecule has 7 nitrogen and oxygen atoms in total. The van der Waals surface area contributed by atoms with E-state index in [-0.39, 0.29) is 25.8 Å². The number of aryl methyl sites for hydroxylation is 5. The molecule has 1 aliphatic heterocycles. The number of primary amides is 1. The van der Waals surface area contributed by atoms with Gasteiger partial charge >= 0.3 is 0 Å². The second kappa shape index (κ2) is 19.6. The summed E-state index contributed by atoms with van der Waals surface area (Å²) in [7, 11) is 0. The summed E-state index contributed by atoms with van der Waals surface area (Å²) in [6, 6.07) is 30.4. The number of nitrogens with one attached hydrogen (secondary N) is 1. The maximum absolute atomic E-state index is 12.8. The molecule has 0 radical (unpaired) electrons. The van der Waals surface area contributed by atoms with Crippen LogP contribution in [0.5, 0.6) is 0 Å². The van der Waals surface area contributed by atoms with Gasteiger partial charge in [-0.15, -0.1) is 0 Å². The lowest BCUT2D eigenvalue weighted by molar-refractivity contribution is 0.0997. The quantitative estimate of drug-likeness (QED) is 0.127. The molecule has 0 unspecified atom stereocenters. The Morgan fingerprint density at radius 2 is 1.10 bits per heavy atom. The zero-order valence-electron chi connectivity index (χ0n) is 39.9. The minimum atomic E-state index is -0.468. The highest BCUT2D eigenvalue weighted by Crippen LogP contribution is 2.43. The number of hydrogen-bond donors (Lipinski definition) is 2. The van der Waals surface area contributed by atoms with E-state index in [2.05, 4.69) is 97.1 Å². The number of alkyl halides is 3. The van der Waals surface area contributed by atoms with E-state index >= 15 is 0 Å². The van der Waals surface area contributed by atoms with Gasteiger partial charge in [-0.25, -0.2) is 0 Å². The number of fused-ring (bicyclic) bond motifs is 15. The molecule has 1 amide bonds. The zero-order chi connectivity index (χ0) is 49.7. The van der Waals surface area contributed by atoms with E-state index in [1.165, 1.54) is 60.6 Å². The topological polar surface area (TPSA) is 87.0 Å². The fourth-order valence-electron chi connectivity index (χ4n) is 11.3. The van der Waals surface area contributed by atoms with E-state index in [9.17, 15) is 22.8 Å². The number of aromatic nitrogens is 3. The summed E-state index contributed by atoms with van der Waals surface area (Å²) < 4.78 is 45.8. The van der Waals surface area contributed by atoms with Crippen LogP contribution in [0.25, 0.3) is 88.3 Å². The van der Waals surface area contributed by atoms with Crippen molar-refractivity contribution in [1.82, 2.24) is 19.0 Å². The van der Waals surface area contributed by atoms with Crippen LogP contribution < -0.4 is 11.1 Å². The fraction of sp³-hybridized carbons (Fsp3) is 0.233. The Bertz CT molecular complexity index is 3740. The van der Waals surface area contributed by atoms with Crippen molar-refractivity contribution in [3.63, 3.8) is 0 Å². The van der Waals surface area contributed by atoms with Crippen LogP contribution in [0, 0.1) is 0 Å². The Kier molecular flexibility index (Phi) is 13.1. The van der Waals surface area contributed by atoms with Crippen molar-refractivity contribution in [1.29, 1.82) is 0 Å². The van der Waals surface area contributed by atoms with Gasteiger partial charge in [0, 0.05) is 118 Å². The predicted octanol–water partition coefficient (Wildman–Crippen LogP) is 15.0. The molecule has 3 aliphatic rings. The molecule has 0 fully saturated rings. The third kappa shape index (κ3) is 8.27. The number of amides is 1. The second-order valence-corrected chi connectivity index (χ2v) is 19.6. The summed E-state index contributed by atoms with van der Waals surface area (Å²) in [6.45, 7) is 14.9. The van der Waals surface area contributed by atoms with Crippen LogP contribution >= 0.6 is 15.9 Å².